The Hall–Kier alpha value is -3.51. The Bertz CT molecular complexity index is 1100. The van der Waals surface area contributed by atoms with Crippen molar-refractivity contribution in [2.45, 2.75) is 19.4 Å². The summed E-state index contributed by atoms with van der Waals surface area (Å²) in [6, 6.07) is 21.1. The lowest BCUT2D eigenvalue weighted by Crippen LogP contribution is -2.24. The zero-order valence-corrected chi connectivity index (χ0v) is 17.8. The van der Waals surface area contributed by atoms with Crippen LogP contribution in [0, 0.1) is 0 Å². The van der Waals surface area contributed by atoms with Crippen molar-refractivity contribution in [2.24, 2.45) is 0 Å². The largest absolute Gasteiger partial charge is 0.489 e. The van der Waals surface area contributed by atoms with Gasteiger partial charge in [0.25, 0.3) is 5.91 Å². The van der Waals surface area contributed by atoms with E-state index in [1.54, 1.807) is 23.7 Å². The molecule has 0 unspecified atom stereocenters. The van der Waals surface area contributed by atoms with E-state index in [1.165, 1.54) is 0 Å². The number of hydrogen-bond donors (Lipinski definition) is 1. The topological polar surface area (TPSA) is 64.1 Å². The second-order valence-electron chi connectivity index (χ2n) is 7.02. The molecule has 5 nitrogen and oxygen atoms in total. The molecular weight excluding hydrogens is 406 g/mol. The van der Waals surface area contributed by atoms with Crippen LogP contribution in [0.25, 0.3) is 11.3 Å². The van der Waals surface area contributed by atoms with E-state index in [9.17, 15) is 4.79 Å². The number of hydrogen-bond acceptors (Lipinski definition) is 5. The van der Waals surface area contributed by atoms with Gasteiger partial charge in [-0.15, -0.1) is 11.3 Å². The van der Waals surface area contributed by atoms with Crippen LogP contribution in [0.1, 0.15) is 27.3 Å². The minimum Gasteiger partial charge on any atom is -0.489 e. The Morgan fingerprint density at radius 3 is 2.52 bits per heavy atom. The second-order valence-corrected chi connectivity index (χ2v) is 7.96. The average Bonchev–Trinajstić information content (AvgIpc) is 3.31. The van der Waals surface area contributed by atoms with Gasteiger partial charge in [-0.2, -0.15) is 0 Å². The van der Waals surface area contributed by atoms with Crippen LogP contribution in [0.5, 0.6) is 5.75 Å². The molecule has 4 aromatic rings. The second kappa shape index (κ2) is 10.5. The lowest BCUT2D eigenvalue weighted by Gasteiger charge is -2.08. The molecule has 0 aliphatic carbocycles. The molecular formula is C25H23N3O2S. The number of aryl methyl sites for hydroxylation is 1. The highest BCUT2D eigenvalue weighted by Crippen LogP contribution is 2.21. The molecule has 0 saturated carbocycles. The van der Waals surface area contributed by atoms with Crippen LogP contribution in [0.4, 0.5) is 0 Å². The van der Waals surface area contributed by atoms with Crippen molar-refractivity contribution in [2.75, 3.05) is 6.54 Å². The van der Waals surface area contributed by atoms with Crippen molar-refractivity contribution >= 4 is 17.2 Å². The molecule has 2 aromatic carbocycles. The molecule has 1 amide bonds. The third-order valence-electron chi connectivity index (χ3n) is 4.75. The lowest BCUT2D eigenvalue weighted by molar-refractivity contribution is 0.0953. The number of amides is 1. The van der Waals surface area contributed by atoms with E-state index in [-0.39, 0.29) is 5.91 Å². The summed E-state index contributed by atoms with van der Waals surface area (Å²) in [5.74, 6) is 0.768. The Balaban J connectivity index is 1.20. The van der Waals surface area contributed by atoms with Gasteiger partial charge in [0.1, 0.15) is 12.4 Å². The molecule has 6 heteroatoms. The van der Waals surface area contributed by atoms with Gasteiger partial charge in [0.05, 0.1) is 10.7 Å². The SMILES string of the molecule is O=C(NCCCc1nc(-c2ccncc2)cs1)c1ccc(COc2ccccc2)cc1. The molecule has 31 heavy (non-hydrogen) atoms. The molecule has 0 atom stereocenters. The third-order valence-corrected chi connectivity index (χ3v) is 5.65. The molecule has 4 rings (SSSR count). The van der Waals surface area contributed by atoms with E-state index < -0.39 is 0 Å². The molecule has 0 saturated heterocycles. The zero-order chi connectivity index (χ0) is 21.3. The summed E-state index contributed by atoms with van der Waals surface area (Å²) in [6.07, 6.45) is 5.23. The molecule has 0 aliphatic rings. The summed E-state index contributed by atoms with van der Waals surface area (Å²) in [5.41, 5.74) is 3.72. The Morgan fingerprint density at radius 2 is 1.74 bits per heavy atom. The van der Waals surface area contributed by atoms with Crippen molar-refractivity contribution in [3.05, 3.63) is 101 Å². The first-order chi connectivity index (χ1) is 15.3. The first kappa shape index (κ1) is 20.8. The number of nitrogens with one attached hydrogen (secondary N) is 1. The number of pyridine rings is 1. The number of aromatic nitrogens is 2. The van der Waals surface area contributed by atoms with Gasteiger partial charge in [0.2, 0.25) is 0 Å². The molecule has 2 aromatic heterocycles. The predicted octanol–water partition coefficient (Wildman–Crippen LogP) is 5.15. The summed E-state index contributed by atoms with van der Waals surface area (Å²) < 4.78 is 5.74. The van der Waals surface area contributed by atoms with Crippen LogP contribution in [0.3, 0.4) is 0 Å². The highest BCUT2D eigenvalue weighted by molar-refractivity contribution is 7.09. The standard InChI is InChI=1S/C25H23N3O2S/c29-25(21-10-8-19(9-11-21)17-30-22-5-2-1-3-6-22)27-14-4-7-24-28-23(18-31-24)20-12-15-26-16-13-20/h1-3,5-6,8-13,15-16,18H,4,7,14,17H2,(H,27,29). The van der Waals surface area contributed by atoms with Crippen LogP contribution < -0.4 is 10.1 Å². The smallest absolute Gasteiger partial charge is 0.251 e. The van der Waals surface area contributed by atoms with Gasteiger partial charge in [-0.25, -0.2) is 4.98 Å². The maximum Gasteiger partial charge on any atom is 0.251 e. The van der Waals surface area contributed by atoms with Gasteiger partial charge in [-0.05, 0) is 48.4 Å². The number of nitrogens with zero attached hydrogens (tertiary/aromatic N) is 2. The molecule has 2 heterocycles. The van der Waals surface area contributed by atoms with Gasteiger partial charge in [0.15, 0.2) is 0 Å². The highest BCUT2D eigenvalue weighted by atomic mass is 32.1. The summed E-state index contributed by atoms with van der Waals surface area (Å²) in [6.45, 7) is 1.09. The fraction of sp³-hybridized carbons (Fsp3) is 0.160. The molecule has 0 fully saturated rings. The van der Waals surface area contributed by atoms with Gasteiger partial charge in [-0.3, -0.25) is 9.78 Å². The van der Waals surface area contributed by atoms with E-state index in [4.69, 9.17) is 4.74 Å². The highest BCUT2D eigenvalue weighted by Gasteiger charge is 2.07. The normalized spacial score (nSPS) is 10.6. The summed E-state index contributed by atoms with van der Waals surface area (Å²) in [5, 5.41) is 6.12. The quantitative estimate of drug-likeness (QED) is 0.374. The van der Waals surface area contributed by atoms with Crippen LogP contribution in [-0.2, 0) is 13.0 Å². The van der Waals surface area contributed by atoms with Crippen LogP contribution in [-0.4, -0.2) is 22.4 Å². The molecule has 1 N–H and O–H groups in total. The maximum absolute atomic E-state index is 12.4. The summed E-state index contributed by atoms with van der Waals surface area (Å²) in [4.78, 5) is 21.1. The minimum absolute atomic E-state index is 0.0628. The third kappa shape index (κ3) is 5.99. The van der Waals surface area contributed by atoms with E-state index in [0.29, 0.717) is 18.7 Å². The Labute approximate surface area is 185 Å². The van der Waals surface area contributed by atoms with Gasteiger partial charge >= 0.3 is 0 Å². The number of thiazole rings is 1. The molecule has 0 spiro atoms. The number of para-hydroxylation sites is 1. The van der Waals surface area contributed by atoms with Gasteiger partial charge < -0.3 is 10.1 Å². The number of carbonyl (C=O) groups is 1. The van der Waals surface area contributed by atoms with E-state index in [0.717, 1.165) is 40.4 Å². The average molecular weight is 430 g/mol. The number of ether oxygens (including phenoxy) is 1. The van der Waals surface area contributed by atoms with Crippen LogP contribution >= 0.6 is 11.3 Å². The van der Waals surface area contributed by atoms with Crippen molar-refractivity contribution in [1.82, 2.24) is 15.3 Å². The van der Waals surface area contributed by atoms with Crippen molar-refractivity contribution in [1.29, 1.82) is 0 Å². The zero-order valence-electron chi connectivity index (χ0n) is 17.0. The minimum atomic E-state index is -0.0628. The molecule has 0 aliphatic heterocycles. The predicted molar refractivity (Wildman–Crippen MR) is 123 cm³/mol. The maximum atomic E-state index is 12.4. The fourth-order valence-corrected chi connectivity index (χ4v) is 3.91. The monoisotopic (exact) mass is 429 g/mol. The summed E-state index contributed by atoms with van der Waals surface area (Å²) in [7, 11) is 0. The number of rotatable bonds is 9. The first-order valence-electron chi connectivity index (χ1n) is 10.2. The van der Waals surface area contributed by atoms with Crippen LogP contribution in [0.15, 0.2) is 84.5 Å². The Morgan fingerprint density at radius 1 is 0.968 bits per heavy atom. The van der Waals surface area contributed by atoms with Crippen molar-refractivity contribution in [3.63, 3.8) is 0 Å². The molecule has 0 radical (unpaired) electrons. The summed E-state index contributed by atoms with van der Waals surface area (Å²) >= 11 is 1.65. The van der Waals surface area contributed by atoms with E-state index in [1.807, 2.05) is 66.7 Å². The van der Waals surface area contributed by atoms with Crippen molar-refractivity contribution in [3.8, 4) is 17.0 Å². The number of benzene rings is 2. The number of carbonyl (C=O) groups excluding carboxylic acids is 1. The molecule has 0 bridgehead atoms. The van der Waals surface area contributed by atoms with E-state index >= 15 is 0 Å². The Kier molecular flexibility index (Phi) is 7.03. The van der Waals surface area contributed by atoms with E-state index in [2.05, 4.69) is 20.7 Å². The lowest BCUT2D eigenvalue weighted by atomic mass is 10.1. The van der Waals surface area contributed by atoms with Crippen molar-refractivity contribution < 1.29 is 9.53 Å². The van der Waals surface area contributed by atoms with Crippen LogP contribution in [0.2, 0.25) is 0 Å². The fourth-order valence-electron chi connectivity index (χ4n) is 3.06. The van der Waals surface area contributed by atoms with Gasteiger partial charge in [-0.1, -0.05) is 30.3 Å². The van der Waals surface area contributed by atoms with Gasteiger partial charge in [0, 0.05) is 41.9 Å². The molecule has 156 valence electrons. The first-order valence-corrected chi connectivity index (χ1v) is 11.1.